The number of aromatic nitrogens is 1. The average Bonchev–Trinajstić information content (AvgIpc) is 2.76. The van der Waals surface area contributed by atoms with Crippen molar-refractivity contribution in [2.24, 2.45) is 0 Å². The van der Waals surface area contributed by atoms with Crippen LogP contribution >= 0.6 is 0 Å². The molecule has 0 N–H and O–H groups in total. The third kappa shape index (κ3) is 1.79. The lowest BCUT2D eigenvalue weighted by atomic mass is 10.1. The maximum Gasteiger partial charge on any atom is 0.218 e. The van der Waals surface area contributed by atoms with E-state index in [1.54, 1.807) is 18.2 Å². The number of methoxy groups -OCH3 is 1. The van der Waals surface area contributed by atoms with E-state index in [2.05, 4.69) is 4.98 Å². The molecule has 0 radical (unpaired) electrons. The van der Waals surface area contributed by atoms with Crippen molar-refractivity contribution in [3.8, 4) is 5.88 Å². The smallest absolute Gasteiger partial charge is 0.218 e. The highest BCUT2D eigenvalue weighted by molar-refractivity contribution is 5.50. The van der Waals surface area contributed by atoms with Crippen molar-refractivity contribution in [3.05, 3.63) is 23.9 Å². The molecule has 1 unspecified atom stereocenters. The van der Waals surface area contributed by atoms with Gasteiger partial charge < -0.3 is 9.64 Å². The molecule has 0 aromatic carbocycles. The Morgan fingerprint density at radius 1 is 1.67 bits per heavy atom. The topological polar surface area (TPSA) is 42.4 Å². The molecule has 1 aliphatic heterocycles. The monoisotopic (exact) mass is 206 g/mol. The summed E-state index contributed by atoms with van der Waals surface area (Å²) < 4.78 is 5.20. The van der Waals surface area contributed by atoms with Crippen LogP contribution in [0.25, 0.3) is 0 Å². The van der Waals surface area contributed by atoms with Gasteiger partial charge in [0.2, 0.25) is 12.3 Å². The summed E-state index contributed by atoms with van der Waals surface area (Å²) in [5.41, 5.74) is 1.00. The minimum Gasteiger partial charge on any atom is -0.481 e. The summed E-state index contributed by atoms with van der Waals surface area (Å²) in [4.78, 5) is 16.8. The fourth-order valence-electron chi connectivity index (χ4n) is 2.08. The fraction of sp³-hybridized carbons (Fsp3) is 0.455. The lowest BCUT2D eigenvalue weighted by Gasteiger charge is -2.21. The molecule has 4 nitrogen and oxygen atoms in total. The molecule has 1 fully saturated rings. The number of ether oxygens (including phenoxy) is 1. The number of nitrogens with zero attached hydrogens (tertiary/aromatic N) is 2. The SMILES string of the molecule is COc1ncccc1C1CCCN1C=O. The van der Waals surface area contributed by atoms with Crippen LogP contribution in [-0.4, -0.2) is 29.9 Å². The average molecular weight is 206 g/mol. The van der Waals surface area contributed by atoms with Gasteiger partial charge in [0.15, 0.2) is 0 Å². The Hall–Kier alpha value is -1.58. The summed E-state index contributed by atoms with van der Waals surface area (Å²) in [5.74, 6) is 0.622. The number of hydrogen-bond donors (Lipinski definition) is 0. The predicted molar refractivity (Wildman–Crippen MR) is 55.5 cm³/mol. The molecule has 80 valence electrons. The Kier molecular flexibility index (Phi) is 2.85. The van der Waals surface area contributed by atoms with Crippen molar-refractivity contribution in [2.75, 3.05) is 13.7 Å². The van der Waals surface area contributed by atoms with Crippen molar-refractivity contribution in [2.45, 2.75) is 18.9 Å². The van der Waals surface area contributed by atoms with E-state index in [9.17, 15) is 4.79 Å². The molecule has 0 spiro atoms. The van der Waals surface area contributed by atoms with Crippen molar-refractivity contribution in [3.63, 3.8) is 0 Å². The highest BCUT2D eigenvalue weighted by Crippen LogP contribution is 2.34. The third-order valence-corrected chi connectivity index (χ3v) is 2.78. The fourth-order valence-corrected chi connectivity index (χ4v) is 2.08. The number of carbonyl (C=O) groups excluding carboxylic acids is 1. The van der Waals surface area contributed by atoms with Crippen molar-refractivity contribution >= 4 is 6.41 Å². The summed E-state index contributed by atoms with van der Waals surface area (Å²) in [5, 5.41) is 0. The Balaban J connectivity index is 2.31. The van der Waals surface area contributed by atoms with Crippen molar-refractivity contribution in [1.82, 2.24) is 9.88 Å². The number of pyridine rings is 1. The summed E-state index contributed by atoms with van der Waals surface area (Å²) >= 11 is 0. The van der Waals surface area contributed by atoms with Crippen LogP contribution in [0.2, 0.25) is 0 Å². The zero-order valence-corrected chi connectivity index (χ0v) is 8.72. The van der Waals surface area contributed by atoms with Gasteiger partial charge in [0, 0.05) is 18.3 Å². The number of amides is 1. The highest BCUT2D eigenvalue weighted by atomic mass is 16.5. The van der Waals surface area contributed by atoms with Gasteiger partial charge in [-0.15, -0.1) is 0 Å². The molecule has 1 aromatic rings. The van der Waals surface area contributed by atoms with Crippen LogP contribution in [0.5, 0.6) is 5.88 Å². The van der Waals surface area contributed by atoms with Crippen LogP contribution < -0.4 is 4.74 Å². The lowest BCUT2D eigenvalue weighted by molar-refractivity contribution is -0.118. The summed E-state index contributed by atoms with van der Waals surface area (Å²) in [6, 6.07) is 3.98. The molecule has 1 aliphatic rings. The highest BCUT2D eigenvalue weighted by Gasteiger charge is 2.27. The van der Waals surface area contributed by atoms with Crippen LogP contribution in [0.4, 0.5) is 0 Å². The van der Waals surface area contributed by atoms with E-state index < -0.39 is 0 Å². The maximum atomic E-state index is 10.9. The van der Waals surface area contributed by atoms with E-state index in [-0.39, 0.29) is 6.04 Å². The van der Waals surface area contributed by atoms with Crippen LogP contribution in [-0.2, 0) is 4.79 Å². The van der Waals surface area contributed by atoms with Crippen LogP contribution in [0, 0.1) is 0 Å². The first-order chi connectivity index (χ1) is 7.36. The van der Waals surface area contributed by atoms with Crippen LogP contribution in [0.15, 0.2) is 18.3 Å². The van der Waals surface area contributed by atoms with E-state index in [1.807, 2.05) is 12.1 Å². The molecule has 2 rings (SSSR count). The molecule has 4 heteroatoms. The Labute approximate surface area is 88.9 Å². The van der Waals surface area contributed by atoms with Crippen LogP contribution in [0.3, 0.4) is 0 Å². The quantitative estimate of drug-likeness (QED) is 0.702. The molecular formula is C11H14N2O2. The normalized spacial score (nSPS) is 20.3. The second-order valence-electron chi connectivity index (χ2n) is 3.60. The van der Waals surface area contributed by atoms with Gasteiger partial charge in [0.25, 0.3) is 0 Å². The Bertz CT molecular complexity index is 354. The van der Waals surface area contributed by atoms with E-state index in [0.29, 0.717) is 5.88 Å². The zero-order valence-electron chi connectivity index (χ0n) is 8.72. The second-order valence-corrected chi connectivity index (χ2v) is 3.60. The molecule has 1 amide bonds. The first-order valence-electron chi connectivity index (χ1n) is 5.06. The molecular weight excluding hydrogens is 192 g/mol. The molecule has 1 aromatic heterocycles. The standard InChI is InChI=1S/C11H14N2O2/c1-15-11-9(4-2-6-12-11)10-5-3-7-13(10)8-14/h2,4,6,8,10H,3,5,7H2,1H3. The lowest BCUT2D eigenvalue weighted by Crippen LogP contribution is -2.21. The number of carbonyl (C=O) groups is 1. The van der Waals surface area contributed by atoms with E-state index in [1.165, 1.54) is 0 Å². The largest absolute Gasteiger partial charge is 0.481 e. The first-order valence-corrected chi connectivity index (χ1v) is 5.06. The van der Waals surface area contributed by atoms with Gasteiger partial charge in [0.05, 0.1) is 13.2 Å². The molecule has 1 atom stereocenters. The number of rotatable bonds is 3. The number of likely N-dealkylation sites (tertiary alicyclic amines) is 1. The van der Waals surface area contributed by atoms with Gasteiger partial charge in [-0.3, -0.25) is 4.79 Å². The van der Waals surface area contributed by atoms with Gasteiger partial charge in [-0.05, 0) is 18.9 Å². The molecule has 15 heavy (non-hydrogen) atoms. The van der Waals surface area contributed by atoms with Gasteiger partial charge in [0.1, 0.15) is 0 Å². The van der Waals surface area contributed by atoms with E-state index >= 15 is 0 Å². The minimum atomic E-state index is 0.131. The number of hydrogen-bond acceptors (Lipinski definition) is 3. The summed E-state index contributed by atoms with van der Waals surface area (Å²) in [6.07, 6.45) is 4.63. The predicted octanol–water partition coefficient (Wildman–Crippen LogP) is 1.38. The first kappa shape index (κ1) is 9.96. The molecule has 0 bridgehead atoms. The van der Waals surface area contributed by atoms with Gasteiger partial charge in [-0.25, -0.2) is 4.98 Å². The second kappa shape index (κ2) is 4.29. The summed E-state index contributed by atoms with van der Waals surface area (Å²) in [7, 11) is 1.60. The van der Waals surface area contributed by atoms with E-state index in [0.717, 1.165) is 31.4 Å². The molecule has 0 saturated carbocycles. The van der Waals surface area contributed by atoms with Gasteiger partial charge in [-0.1, -0.05) is 6.07 Å². The minimum absolute atomic E-state index is 0.131. The Morgan fingerprint density at radius 3 is 3.27 bits per heavy atom. The Morgan fingerprint density at radius 2 is 2.53 bits per heavy atom. The van der Waals surface area contributed by atoms with Crippen molar-refractivity contribution < 1.29 is 9.53 Å². The molecule has 0 aliphatic carbocycles. The van der Waals surface area contributed by atoms with Crippen molar-refractivity contribution in [1.29, 1.82) is 0 Å². The third-order valence-electron chi connectivity index (χ3n) is 2.78. The van der Waals surface area contributed by atoms with Gasteiger partial charge >= 0.3 is 0 Å². The zero-order chi connectivity index (χ0) is 10.7. The van der Waals surface area contributed by atoms with E-state index in [4.69, 9.17) is 4.74 Å². The summed E-state index contributed by atoms with van der Waals surface area (Å²) in [6.45, 7) is 0.826. The molecule has 2 heterocycles. The van der Waals surface area contributed by atoms with Gasteiger partial charge in [-0.2, -0.15) is 0 Å². The van der Waals surface area contributed by atoms with Crippen LogP contribution in [0.1, 0.15) is 24.4 Å². The molecule has 1 saturated heterocycles. The maximum absolute atomic E-state index is 10.9.